The summed E-state index contributed by atoms with van der Waals surface area (Å²) in [6.45, 7) is 6.85. The zero-order valence-corrected chi connectivity index (χ0v) is 15.2. The predicted molar refractivity (Wildman–Crippen MR) is 102 cm³/mol. The van der Waals surface area contributed by atoms with E-state index in [4.69, 9.17) is 22.1 Å². The van der Waals surface area contributed by atoms with Gasteiger partial charge in [-0.25, -0.2) is 0 Å². The minimum Gasteiger partial charge on any atom is -0.383 e. The molecule has 128 valence electrons. The SMILES string of the molecule is C=c1ccc(=C(C#N)C#N)cc1NCC(Cl)CCCCCCCC. The zero-order valence-electron chi connectivity index (χ0n) is 14.4. The lowest BCUT2D eigenvalue weighted by molar-refractivity contribution is 0.583. The maximum absolute atomic E-state index is 8.97. The largest absolute Gasteiger partial charge is 0.383 e. The van der Waals surface area contributed by atoms with E-state index in [0.29, 0.717) is 11.8 Å². The van der Waals surface area contributed by atoms with Crippen molar-refractivity contribution < 1.29 is 0 Å². The van der Waals surface area contributed by atoms with Gasteiger partial charge in [0.2, 0.25) is 0 Å². The molecule has 0 aliphatic carbocycles. The van der Waals surface area contributed by atoms with E-state index < -0.39 is 0 Å². The highest BCUT2D eigenvalue weighted by molar-refractivity contribution is 6.20. The van der Waals surface area contributed by atoms with Crippen LogP contribution in [0.1, 0.15) is 51.9 Å². The minimum absolute atomic E-state index is 0.0645. The smallest absolute Gasteiger partial charge is 0.136 e. The second kappa shape index (κ2) is 11.5. The van der Waals surface area contributed by atoms with Crippen LogP contribution in [0, 0.1) is 22.7 Å². The summed E-state index contributed by atoms with van der Waals surface area (Å²) in [5.74, 6) is 0. The summed E-state index contributed by atoms with van der Waals surface area (Å²) < 4.78 is 0. The van der Waals surface area contributed by atoms with Crippen LogP contribution in [0.2, 0.25) is 0 Å². The summed E-state index contributed by atoms with van der Waals surface area (Å²) >= 11 is 6.39. The van der Waals surface area contributed by atoms with E-state index in [2.05, 4.69) is 18.8 Å². The topological polar surface area (TPSA) is 59.6 Å². The highest BCUT2D eigenvalue weighted by Crippen LogP contribution is 2.12. The van der Waals surface area contributed by atoms with Crippen molar-refractivity contribution >= 4 is 29.4 Å². The number of anilines is 1. The molecule has 0 saturated carbocycles. The minimum atomic E-state index is 0.0645. The molecule has 0 spiro atoms. The van der Waals surface area contributed by atoms with Crippen LogP contribution < -0.4 is 15.8 Å². The molecule has 4 heteroatoms. The number of nitrogens with one attached hydrogen (secondary N) is 1. The van der Waals surface area contributed by atoms with Gasteiger partial charge in [0, 0.05) is 17.5 Å². The predicted octanol–water partition coefficient (Wildman–Crippen LogP) is 4.06. The van der Waals surface area contributed by atoms with Gasteiger partial charge in [-0.05, 0) is 17.7 Å². The summed E-state index contributed by atoms with van der Waals surface area (Å²) in [4.78, 5) is 0. The van der Waals surface area contributed by atoms with Crippen LogP contribution in [0.3, 0.4) is 0 Å². The van der Waals surface area contributed by atoms with Gasteiger partial charge < -0.3 is 5.32 Å². The van der Waals surface area contributed by atoms with Gasteiger partial charge in [-0.15, -0.1) is 11.6 Å². The molecule has 1 rings (SSSR count). The lowest BCUT2D eigenvalue weighted by atomic mass is 10.1. The number of hydrogen-bond donors (Lipinski definition) is 1. The highest BCUT2D eigenvalue weighted by Gasteiger charge is 2.05. The highest BCUT2D eigenvalue weighted by atomic mass is 35.5. The van der Waals surface area contributed by atoms with Crippen LogP contribution in [0.25, 0.3) is 12.2 Å². The fourth-order valence-corrected chi connectivity index (χ4v) is 2.75. The Bertz CT molecular complexity index is 681. The number of benzene rings is 1. The molecule has 1 atom stereocenters. The normalized spacial score (nSPS) is 11.3. The quantitative estimate of drug-likeness (QED) is 0.514. The van der Waals surface area contributed by atoms with Crippen LogP contribution in [-0.4, -0.2) is 11.9 Å². The molecule has 0 aliphatic heterocycles. The van der Waals surface area contributed by atoms with Crippen LogP contribution in [0.15, 0.2) is 18.2 Å². The fraction of sp³-hybridized carbons (Fsp3) is 0.500. The molecule has 0 saturated heterocycles. The molecule has 0 aliphatic rings. The molecule has 0 heterocycles. The lowest BCUT2D eigenvalue weighted by Crippen LogP contribution is -2.21. The van der Waals surface area contributed by atoms with Gasteiger partial charge in [-0.3, -0.25) is 0 Å². The Hall–Kier alpha value is -1.97. The Labute approximate surface area is 150 Å². The van der Waals surface area contributed by atoms with E-state index in [1.807, 2.05) is 18.2 Å². The Morgan fingerprint density at radius 2 is 1.83 bits per heavy atom. The first-order valence-corrected chi connectivity index (χ1v) is 9.07. The number of rotatable bonds is 10. The van der Waals surface area contributed by atoms with Crippen molar-refractivity contribution in [1.29, 1.82) is 10.5 Å². The maximum Gasteiger partial charge on any atom is 0.136 e. The molecule has 3 nitrogen and oxygen atoms in total. The Morgan fingerprint density at radius 3 is 2.50 bits per heavy atom. The molecule has 0 radical (unpaired) electrons. The maximum atomic E-state index is 8.97. The van der Waals surface area contributed by atoms with Crippen molar-refractivity contribution in [1.82, 2.24) is 0 Å². The average Bonchev–Trinajstić information content (AvgIpc) is 2.59. The van der Waals surface area contributed by atoms with Crippen molar-refractivity contribution in [2.45, 2.75) is 57.2 Å². The van der Waals surface area contributed by atoms with Crippen molar-refractivity contribution in [3.8, 4) is 12.1 Å². The average molecular weight is 344 g/mol. The van der Waals surface area contributed by atoms with Crippen LogP contribution in [0.4, 0.5) is 5.69 Å². The molecule has 1 aromatic carbocycles. The summed E-state index contributed by atoms with van der Waals surface area (Å²) in [7, 11) is 0. The van der Waals surface area contributed by atoms with Gasteiger partial charge in [-0.1, -0.05) is 64.2 Å². The molecule has 24 heavy (non-hydrogen) atoms. The Balaban J connectivity index is 2.52. The van der Waals surface area contributed by atoms with Gasteiger partial charge in [-0.2, -0.15) is 10.5 Å². The third-order valence-electron chi connectivity index (χ3n) is 4.01. The number of hydrogen-bond acceptors (Lipinski definition) is 3. The number of halogens is 1. The molecule has 0 fully saturated rings. The summed E-state index contributed by atoms with van der Waals surface area (Å²) in [5.41, 5.74) is 0.927. The fourth-order valence-electron chi connectivity index (χ4n) is 2.52. The van der Waals surface area contributed by atoms with Crippen molar-refractivity contribution in [2.24, 2.45) is 0 Å². The van der Waals surface area contributed by atoms with E-state index in [-0.39, 0.29) is 11.0 Å². The Morgan fingerprint density at radius 1 is 1.17 bits per heavy atom. The van der Waals surface area contributed by atoms with E-state index in [1.165, 1.54) is 32.1 Å². The molecular weight excluding hydrogens is 318 g/mol. The zero-order chi connectivity index (χ0) is 17.8. The van der Waals surface area contributed by atoms with Gasteiger partial charge in [0.1, 0.15) is 17.7 Å². The molecule has 0 bridgehead atoms. The molecule has 1 N–H and O–H groups in total. The van der Waals surface area contributed by atoms with Crippen molar-refractivity contribution in [3.05, 3.63) is 28.6 Å². The Kier molecular flexibility index (Phi) is 9.66. The molecule has 1 unspecified atom stereocenters. The monoisotopic (exact) mass is 343 g/mol. The number of nitriles is 2. The van der Waals surface area contributed by atoms with E-state index in [9.17, 15) is 0 Å². The summed E-state index contributed by atoms with van der Waals surface area (Å²) in [6.07, 6.45) is 8.57. The van der Waals surface area contributed by atoms with E-state index in [0.717, 1.165) is 23.7 Å². The van der Waals surface area contributed by atoms with Gasteiger partial charge in [0.25, 0.3) is 0 Å². The van der Waals surface area contributed by atoms with Crippen LogP contribution >= 0.6 is 11.6 Å². The van der Waals surface area contributed by atoms with Crippen molar-refractivity contribution in [3.63, 3.8) is 0 Å². The molecule has 0 aromatic heterocycles. The summed E-state index contributed by atoms with van der Waals surface area (Å²) in [6, 6.07) is 9.16. The number of alkyl halides is 1. The second-order valence-corrected chi connectivity index (χ2v) is 6.62. The van der Waals surface area contributed by atoms with Gasteiger partial charge in [0.05, 0.1) is 5.38 Å². The molecule has 0 amide bonds. The van der Waals surface area contributed by atoms with Crippen molar-refractivity contribution in [2.75, 3.05) is 11.9 Å². The number of unbranched alkanes of at least 4 members (excludes halogenated alkanes) is 5. The third-order valence-corrected chi connectivity index (χ3v) is 4.38. The first-order chi connectivity index (χ1) is 11.6. The first kappa shape index (κ1) is 20.1. The summed E-state index contributed by atoms with van der Waals surface area (Å²) in [5, 5.41) is 22.7. The van der Waals surface area contributed by atoms with Gasteiger partial charge in [0.15, 0.2) is 0 Å². The van der Waals surface area contributed by atoms with Gasteiger partial charge >= 0.3 is 0 Å². The lowest BCUT2D eigenvalue weighted by Gasteiger charge is -2.12. The third kappa shape index (κ3) is 7.07. The van der Waals surface area contributed by atoms with E-state index >= 15 is 0 Å². The first-order valence-electron chi connectivity index (χ1n) is 8.63. The van der Waals surface area contributed by atoms with Crippen LogP contribution in [0.5, 0.6) is 0 Å². The van der Waals surface area contributed by atoms with E-state index in [1.54, 1.807) is 12.1 Å². The second-order valence-electron chi connectivity index (χ2n) is 6.01. The molecule has 1 aromatic rings. The standard InChI is InChI=1S/C20H26ClN3/c1-3-4-5-6-7-8-9-19(21)15-24-20-12-17(11-10-16(20)2)18(13-22)14-23/h10-12,19,24H,2-9,15H2,1H3. The van der Waals surface area contributed by atoms with Crippen LogP contribution in [-0.2, 0) is 0 Å². The number of nitrogens with zero attached hydrogens (tertiary/aromatic N) is 2. The molecular formula is C20H26ClN3.